The maximum Gasteiger partial charge on any atom is 0.128 e. The summed E-state index contributed by atoms with van der Waals surface area (Å²) >= 11 is 6.19. The predicted molar refractivity (Wildman–Crippen MR) is 75.5 cm³/mol. The Kier molecular flexibility index (Phi) is 4.24. The molecular formula is C15H16ClNO. The van der Waals surface area contributed by atoms with Crippen LogP contribution in [0, 0.1) is 6.92 Å². The molecule has 0 aliphatic rings. The van der Waals surface area contributed by atoms with Crippen LogP contribution in [0.15, 0.2) is 42.5 Å². The molecule has 0 aliphatic carbocycles. The highest BCUT2D eigenvalue weighted by Crippen LogP contribution is 2.27. The molecule has 94 valence electrons. The first kappa shape index (κ1) is 12.9. The van der Waals surface area contributed by atoms with E-state index in [-0.39, 0.29) is 0 Å². The molecule has 2 nitrogen and oxygen atoms in total. The van der Waals surface area contributed by atoms with E-state index in [4.69, 9.17) is 16.3 Å². The summed E-state index contributed by atoms with van der Waals surface area (Å²) in [5.74, 6) is 1.58. The molecule has 0 spiro atoms. The Labute approximate surface area is 113 Å². The third-order valence-electron chi connectivity index (χ3n) is 2.62. The topological polar surface area (TPSA) is 21.3 Å². The van der Waals surface area contributed by atoms with Crippen LogP contribution in [0.2, 0.25) is 5.02 Å². The Morgan fingerprint density at radius 3 is 2.56 bits per heavy atom. The summed E-state index contributed by atoms with van der Waals surface area (Å²) in [4.78, 5) is 0. The lowest BCUT2D eigenvalue weighted by Gasteiger charge is -2.09. The van der Waals surface area contributed by atoms with Crippen molar-refractivity contribution in [1.29, 1.82) is 0 Å². The molecule has 2 aromatic rings. The van der Waals surface area contributed by atoms with E-state index in [9.17, 15) is 0 Å². The normalized spacial score (nSPS) is 10.4. The molecule has 0 saturated carbocycles. The standard InChI is InChI=1S/C15H16ClNO/c1-11-4-3-5-13(8-11)18-14-7-6-12(10-17-2)15(16)9-14/h3-9,17H,10H2,1-2H3. The molecular weight excluding hydrogens is 246 g/mol. The van der Waals surface area contributed by atoms with Gasteiger partial charge in [0, 0.05) is 11.6 Å². The van der Waals surface area contributed by atoms with Crippen molar-refractivity contribution in [2.45, 2.75) is 13.5 Å². The second-order valence-corrected chi connectivity index (χ2v) is 4.61. The van der Waals surface area contributed by atoms with Gasteiger partial charge in [0.25, 0.3) is 0 Å². The van der Waals surface area contributed by atoms with Crippen molar-refractivity contribution in [2.75, 3.05) is 7.05 Å². The molecule has 1 N–H and O–H groups in total. The van der Waals surface area contributed by atoms with E-state index in [1.165, 1.54) is 5.56 Å². The van der Waals surface area contributed by atoms with Crippen molar-refractivity contribution in [2.24, 2.45) is 0 Å². The lowest BCUT2D eigenvalue weighted by Crippen LogP contribution is -2.05. The van der Waals surface area contributed by atoms with E-state index in [1.807, 2.05) is 56.4 Å². The van der Waals surface area contributed by atoms with Crippen LogP contribution in [0.3, 0.4) is 0 Å². The first-order valence-electron chi connectivity index (χ1n) is 5.86. The van der Waals surface area contributed by atoms with Gasteiger partial charge >= 0.3 is 0 Å². The smallest absolute Gasteiger partial charge is 0.128 e. The van der Waals surface area contributed by atoms with Crippen molar-refractivity contribution >= 4 is 11.6 Å². The number of rotatable bonds is 4. The fourth-order valence-corrected chi connectivity index (χ4v) is 1.98. The minimum Gasteiger partial charge on any atom is -0.457 e. The van der Waals surface area contributed by atoms with E-state index in [1.54, 1.807) is 0 Å². The molecule has 0 saturated heterocycles. The van der Waals surface area contributed by atoms with Gasteiger partial charge < -0.3 is 10.1 Å². The average Bonchev–Trinajstić information content (AvgIpc) is 2.33. The molecule has 0 unspecified atom stereocenters. The highest BCUT2D eigenvalue weighted by atomic mass is 35.5. The lowest BCUT2D eigenvalue weighted by molar-refractivity contribution is 0.482. The Bertz CT molecular complexity index is 540. The van der Waals surface area contributed by atoms with Crippen LogP contribution >= 0.6 is 11.6 Å². The first-order chi connectivity index (χ1) is 8.69. The molecule has 2 rings (SSSR count). The molecule has 0 radical (unpaired) electrons. The van der Waals surface area contributed by atoms with Crippen LogP contribution in [0.25, 0.3) is 0 Å². The molecule has 0 bridgehead atoms. The van der Waals surface area contributed by atoms with Crippen LogP contribution in [0.1, 0.15) is 11.1 Å². The van der Waals surface area contributed by atoms with Crippen molar-refractivity contribution in [3.05, 3.63) is 58.6 Å². The Hall–Kier alpha value is -1.51. The summed E-state index contributed by atoms with van der Waals surface area (Å²) in [5.41, 5.74) is 2.24. The number of ether oxygens (including phenoxy) is 1. The van der Waals surface area contributed by atoms with Crippen molar-refractivity contribution in [3.8, 4) is 11.5 Å². The number of nitrogens with one attached hydrogen (secondary N) is 1. The zero-order valence-electron chi connectivity index (χ0n) is 10.5. The molecule has 0 heterocycles. The molecule has 2 aromatic carbocycles. The predicted octanol–water partition coefficient (Wildman–Crippen LogP) is 4.16. The summed E-state index contributed by atoms with van der Waals surface area (Å²) in [5, 5.41) is 3.79. The van der Waals surface area contributed by atoms with Gasteiger partial charge in [0.05, 0.1) is 0 Å². The fraction of sp³-hybridized carbons (Fsp3) is 0.200. The van der Waals surface area contributed by atoms with E-state index >= 15 is 0 Å². The van der Waals surface area contributed by atoms with E-state index in [0.717, 1.165) is 28.6 Å². The molecule has 3 heteroatoms. The van der Waals surface area contributed by atoms with Crippen LogP contribution in [-0.2, 0) is 6.54 Å². The van der Waals surface area contributed by atoms with Gasteiger partial charge in [0.1, 0.15) is 11.5 Å². The van der Waals surface area contributed by atoms with Crippen molar-refractivity contribution in [1.82, 2.24) is 5.32 Å². The molecule has 0 atom stereocenters. The Morgan fingerprint density at radius 2 is 1.89 bits per heavy atom. The van der Waals surface area contributed by atoms with Crippen molar-refractivity contribution in [3.63, 3.8) is 0 Å². The number of hydrogen-bond acceptors (Lipinski definition) is 2. The van der Waals surface area contributed by atoms with Gasteiger partial charge in [-0.1, -0.05) is 29.8 Å². The third-order valence-corrected chi connectivity index (χ3v) is 2.97. The van der Waals surface area contributed by atoms with E-state index in [0.29, 0.717) is 0 Å². The maximum absolute atomic E-state index is 6.19. The number of halogens is 1. The number of aryl methyl sites for hydroxylation is 1. The summed E-state index contributed by atoms with van der Waals surface area (Å²) < 4.78 is 5.77. The Morgan fingerprint density at radius 1 is 1.11 bits per heavy atom. The quantitative estimate of drug-likeness (QED) is 0.892. The number of benzene rings is 2. The number of hydrogen-bond donors (Lipinski definition) is 1. The van der Waals surface area contributed by atoms with Gasteiger partial charge in [-0.05, 0) is 49.4 Å². The molecule has 0 amide bonds. The van der Waals surface area contributed by atoms with Crippen LogP contribution in [0.5, 0.6) is 11.5 Å². The van der Waals surface area contributed by atoms with Gasteiger partial charge in [-0.15, -0.1) is 0 Å². The van der Waals surface area contributed by atoms with Gasteiger partial charge in [-0.2, -0.15) is 0 Å². The zero-order valence-corrected chi connectivity index (χ0v) is 11.3. The fourth-order valence-electron chi connectivity index (χ4n) is 1.74. The zero-order chi connectivity index (χ0) is 13.0. The summed E-state index contributed by atoms with van der Waals surface area (Å²) in [6.45, 7) is 2.79. The second kappa shape index (κ2) is 5.89. The second-order valence-electron chi connectivity index (χ2n) is 4.20. The van der Waals surface area contributed by atoms with Crippen molar-refractivity contribution < 1.29 is 4.74 Å². The van der Waals surface area contributed by atoms with Gasteiger partial charge in [0.2, 0.25) is 0 Å². The summed E-state index contributed by atoms with van der Waals surface area (Å²) in [6.07, 6.45) is 0. The first-order valence-corrected chi connectivity index (χ1v) is 6.24. The Balaban J connectivity index is 2.17. The monoisotopic (exact) mass is 261 g/mol. The van der Waals surface area contributed by atoms with Gasteiger partial charge in [0.15, 0.2) is 0 Å². The molecule has 0 aromatic heterocycles. The average molecular weight is 262 g/mol. The van der Waals surface area contributed by atoms with Crippen LogP contribution < -0.4 is 10.1 Å². The van der Waals surface area contributed by atoms with E-state index < -0.39 is 0 Å². The largest absolute Gasteiger partial charge is 0.457 e. The van der Waals surface area contributed by atoms with Crippen LogP contribution in [0.4, 0.5) is 0 Å². The summed E-state index contributed by atoms with van der Waals surface area (Å²) in [6, 6.07) is 13.7. The summed E-state index contributed by atoms with van der Waals surface area (Å²) in [7, 11) is 1.90. The van der Waals surface area contributed by atoms with E-state index in [2.05, 4.69) is 5.32 Å². The maximum atomic E-state index is 6.19. The molecule has 0 fully saturated rings. The highest BCUT2D eigenvalue weighted by molar-refractivity contribution is 6.31. The third kappa shape index (κ3) is 3.25. The van der Waals surface area contributed by atoms with Crippen LogP contribution in [-0.4, -0.2) is 7.05 Å². The SMILES string of the molecule is CNCc1ccc(Oc2cccc(C)c2)cc1Cl. The highest BCUT2D eigenvalue weighted by Gasteiger charge is 2.03. The van der Waals surface area contributed by atoms with Gasteiger partial charge in [-0.3, -0.25) is 0 Å². The molecule has 0 aliphatic heterocycles. The molecule has 18 heavy (non-hydrogen) atoms. The lowest BCUT2D eigenvalue weighted by atomic mass is 10.2. The minimum absolute atomic E-state index is 0.717. The van der Waals surface area contributed by atoms with Gasteiger partial charge in [-0.25, -0.2) is 0 Å². The minimum atomic E-state index is 0.717.